The highest BCUT2D eigenvalue weighted by atomic mass is 32.2. The quantitative estimate of drug-likeness (QED) is 0.910. The summed E-state index contributed by atoms with van der Waals surface area (Å²) in [4.78, 5) is 0. The van der Waals surface area contributed by atoms with Gasteiger partial charge in [0.1, 0.15) is 11.4 Å². The Hall–Kier alpha value is -1.23. The third kappa shape index (κ3) is 2.92. The Bertz CT molecular complexity index is 596. The van der Waals surface area contributed by atoms with Crippen LogP contribution in [0.2, 0.25) is 0 Å². The van der Waals surface area contributed by atoms with E-state index >= 15 is 0 Å². The molecule has 0 aromatic heterocycles. The van der Waals surface area contributed by atoms with Crippen molar-refractivity contribution in [2.75, 3.05) is 23.4 Å². The van der Waals surface area contributed by atoms with Crippen molar-refractivity contribution in [1.82, 2.24) is 0 Å². The minimum Gasteiger partial charge on any atom is -0.488 e. The molecular formula is C15H21NO3S. The molecule has 0 amide bonds. The molecule has 3 rings (SSSR count). The van der Waals surface area contributed by atoms with Gasteiger partial charge in [0.15, 0.2) is 9.84 Å². The fraction of sp³-hybridized carbons (Fsp3) is 0.600. The molecule has 2 heterocycles. The van der Waals surface area contributed by atoms with Gasteiger partial charge in [-0.3, -0.25) is 0 Å². The zero-order valence-electron chi connectivity index (χ0n) is 11.8. The minimum absolute atomic E-state index is 0.232. The summed E-state index contributed by atoms with van der Waals surface area (Å²) in [6.07, 6.45) is 3.37. The molecule has 2 aliphatic rings. The van der Waals surface area contributed by atoms with Gasteiger partial charge in [0.25, 0.3) is 0 Å². The van der Waals surface area contributed by atoms with E-state index in [4.69, 9.17) is 4.74 Å². The highest BCUT2D eigenvalue weighted by molar-refractivity contribution is 7.91. The molecule has 0 unspecified atom stereocenters. The van der Waals surface area contributed by atoms with Crippen LogP contribution in [0.1, 0.15) is 31.7 Å². The van der Waals surface area contributed by atoms with Crippen molar-refractivity contribution in [3.05, 3.63) is 23.8 Å². The second kappa shape index (κ2) is 4.95. The number of nitrogens with one attached hydrogen (secondary N) is 1. The molecule has 1 N–H and O–H groups in total. The second-order valence-corrected chi connectivity index (χ2v) is 8.36. The van der Waals surface area contributed by atoms with Gasteiger partial charge in [-0.2, -0.15) is 0 Å². The zero-order valence-corrected chi connectivity index (χ0v) is 12.6. The Morgan fingerprint density at radius 1 is 1.25 bits per heavy atom. The lowest BCUT2D eigenvalue weighted by Crippen LogP contribution is -2.41. The third-order valence-corrected chi connectivity index (χ3v) is 5.92. The molecule has 20 heavy (non-hydrogen) atoms. The normalized spacial score (nSPS) is 23.4. The molecule has 1 aromatic rings. The SMILES string of the molecule is CC1(Oc2ccc3c(c2)CCCN3)CCS(=O)(=O)CC1. The highest BCUT2D eigenvalue weighted by Crippen LogP contribution is 2.32. The van der Waals surface area contributed by atoms with E-state index in [2.05, 4.69) is 17.4 Å². The van der Waals surface area contributed by atoms with E-state index in [1.165, 1.54) is 11.3 Å². The lowest BCUT2D eigenvalue weighted by atomic mass is 9.98. The Morgan fingerprint density at radius 2 is 2.00 bits per heavy atom. The van der Waals surface area contributed by atoms with Gasteiger partial charge in [0.05, 0.1) is 11.5 Å². The van der Waals surface area contributed by atoms with Crippen LogP contribution in [0.5, 0.6) is 5.75 Å². The summed E-state index contributed by atoms with van der Waals surface area (Å²) in [6, 6.07) is 6.13. The number of benzene rings is 1. The summed E-state index contributed by atoms with van der Waals surface area (Å²) < 4.78 is 29.1. The Morgan fingerprint density at radius 3 is 2.75 bits per heavy atom. The van der Waals surface area contributed by atoms with E-state index in [0.717, 1.165) is 25.1 Å². The van der Waals surface area contributed by atoms with Crippen molar-refractivity contribution < 1.29 is 13.2 Å². The molecule has 0 aliphatic carbocycles. The number of rotatable bonds is 2. The number of aryl methyl sites for hydroxylation is 1. The summed E-state index contributed by atoms with van der Waals surface area (Å²) in [7, 11) is -2.85. The minimum atomic E-state index is -2.85. The van der Waals surface area contributed by atoms with E-state index in [0.29, 0.717) is 12.8 Å². The fourth-order valence-corrected chi connectivity index (χ4v) is 4.56. The van der Waals surface area contributed by atoms with Crippen LogP contribution < -0.4 is 10.1 Å². The Labute approximate surface area is 120 Å². The van der Waals surface area contributed by atoms with Gasteiger partial charge in [-0.05, 0) is 43.5 Å². The standard InChI is InChI=1S/C15H21NO3S/c1-15(6-9-20(17,18)10-7-15)19-13-4-5-14-12(11-13)3-2-8-16-14/h4-5,11,16H,2-3,6-10H2,1H3. The first-order valence-electron chi connectivity index (χ1n) is 7.22. The van der Waals surface area contributed by atoms with Gasteiger partial charge < -0.3 is 10.1 Å². The summed E-state index contributed by atoms with van der Waals surface area (Å²) in [5.41, 5.74) is 2.13. The van der Waals surface area contributed by atoms with E-state index in [9.17, 15) is 8.42 Å². The van der Waals surface area contributed by atoms with Crippen LogP contribution in [-0.4, -0.2) is 32.1 Å². The molecule has 1 aromatic carbocycles. The zero-order chi connectivity index (χ0) is 14.2. The van der Waals surface area contributed by atoms with Crippen molar-refractivity contribution in [3.63, 3.8) is 0 Å². The first kappa shape index (κ1) is 13.7. The molecule has 0 spiro atoms. The molecular weight excluding hydrogens is 274 g/mol. The van der Waals surface area contributed by atoms with E-state index < -0.39 is 9.84 Å². The van der Waals surface area contributed by atoms with Crippen LogP contribution >= 0.6 is 0 Å². The lowest BCUT2D eigenvalue weighted by Gasteiger charge is -2.34. The monoisotopic (exact) mass is 295 g/mol. The molecule has 0 bridgehead atoms. The number of hydrogen-bond donors (Lipinski definition) is 1. The van der Waals surface area contributed by atoms with Gasteiger partial charge >= 0.3 is 0 Å². The molecule has 0 atom stereocenters. The predicted octanol–water partition coefficient (Wildman–Crippen LogP) is 2.39. The van der Waals surface area contributed by atoms with Gasteiger partial charge in [-0.25, -0.2) is 8.42 Å². The molecule has 1 saturated heterocycles. The van der Waals surface area contributed by atoms with Crippen LogP contribution in [0.25, 0.3) is 0 Å². The number of fused-ring (bicyclic) bond motifs is 1. The first-order valence-corrected chi connectivity index (χ1v) is 9.04. The van der Waals surface area contributed by atoms with Crippen molar-refractivity contribution in [1.29, 1.82) is 0 Å². The number of hydrogen-bond acceptors (Lipinski definition) is 4. The smallest absolute Gasteiger partial charge is 0.150 e. The molecule has 1 fully saturated rings. The van der Waals surface area contributed by atoms with Gasteiger partial charge in [0.2, 0.25) is 0 Å². The van der Waals surface area contributed by atoms with Crippen molar-refractivity contribution >= 4 is 15.5 Å². The fourth-order valence-electron chi connectivity index (χ4n) is 2.87. The van der Waals surface area contributed by atoms with Gasteiger partial charge in [-0.1, -0.05) is 0 Å². The third-order valence-electron chi connectivity index (χ3n) is 4.26. The molecule has 2 aliphatic heterocycles. The van der Waals surface area contributed by atoms with Crippen molar-refractivity contribution in [3.8, 4) is 5.75 Å². The summed E-state index contributed by atoms with van der Waals surface area (Å²) in [5, 5.41) is 3.38. The van der Waals surface area contributed by atoms with E-state index in [1.807, 2.05) is 13.0 Å². The molecule has 5 heteroatoms. The maximum atomic E-state index is 11.5. The Balaban J connectivity index is 1.74. The first-order chi connectivity index (χ1) is 9.46. The average Bonchev–Trinajstić information content (AvgIpc) is 2.43. The highest BCUT2D eigenvalue weighted by Gasteiger charge is 2.35. The topological polar surface area (TPSA) is 55.4 Å². The largest absolute Gasteiger partial charge is 0.488 e. The lowest BCUT2D eigenvalue weighted by molar-refractivity contribution is 0.0779. The average molecular weight is 295 g/mol. The molecule has 0 saturated carbocycles. The van der Waals surface area contributed by atoms with Gasteiger partial charge in [0, 0.05) is 25.1 Å². The molecule has 4 nitrogen and oxygen atoms in total. The molecule has 0 radical (unpaired) electrons. The van der Waals surface area contributed by atoms with E-state index in [-0.39, 0.29) is 17.1 Å². The van der Waals surface area contributed by atoms with E-state index in [1.54, 1.807) is 0 Å². The predicted molar refractivity (Wildman–Crippen MR) is 80.2 cm³/mol. The number of ether oxygens (including phenoxy) is 1. The summed E-state index contributed by atoms with van der Waals surface area (Å²) in [5.74, 6) is 1.32. The van der Waals surface area contributed by atoms with Crippen LogP contribution in [-0.2, 0) is 16.3 Å². The van der Waals surface area contributed by atoms with Crippen LogP contribution in [0, 0.1) is 0 Å². The van der Waals surface area contributed by atoms with Gasteiger partial charge in [-0.15, -0.1) is 0 Å². The van der Waals surface area contributed by atoms with Crippen LogP contribution in [0.3, 0.4) is 0 Å². The summed E-state index contributed by atoms with van der Waals surface area (Å²) in [6.45, 7) is 3.04. The second-order valence-electron chi connectivity index (χ2n) is 6.05. The van der Waals surface area contributed by atoms with Crippen LogP contribution in [0.15, 0.2) is 18.2 Å². The number of sulfone groups is 1. The maximum absolute atomic E-state index is 11.5. The van der Waals surface area contributed by atoms with Crippen LogP contribution in [0.4, 0.5) is 5.69 Å². The van der Waals surface area contributed by atoms with Crippen molar-refractivity contribution in [2.24, 2.45) is 0 Å². The summed E-state index contributed by atoms with van der Waals surface area (Å²) >= 11 is 0. The maximum Gasteiger partial charge on any atom is 0.150 e. The van der Waals surface area contributed by atoms with Crippen molar-refractivity contribution in [2.45, 2.75) is 38.2 Å². The molecule has 110 valence electrons. The Kier molecular flexibility index (Phi) is 3.40. The number of anilines is 1.